The van der Waals surface area contributed by atoms with Crippen molar-refractivity contribution in [3.63, 3.8) is 0 Å². The third-order valence-corrected chi connectivity index (χ3v) is 3.96. The van der Waals surface area contributed by atoms with Gasteiger partial charge in [0.1, 0.15) is 5.82 Å². The van der Waals surface area contributed by atoms with Crippen molar-refractivity contribution in [2.75, 3.05) is 0 Å². The molecule has 1 rings (SSSR count). The van der Waals surface area contributed by atoms with Crippen LogP contribution in [-0.2, 0) is 6.42 Å². The first-order chi connectivity index (χ1) is 7.41. The van der Waals surface area contributed by atoms with Crippen molar-refractivity contribution >= 4 is 15.9 Å². The summed E-state index contributed by atoms with van der Waals surface area (Å²) in [4.78, 5) is 0. The summed E-state index contributed by atoms with van der Waals surface area (Å²) in [6.45, 7) is 6.46. The van der Waals surface area contributed by atoms with Crippen molar-refractivity contribution < 1.29 is 4.39 Å². The van der Waals surface area contributed by atoms with Crippen molar-refractivity contribution in [3.8, 4) is 0 Å². The zero-order chi connectivity index (χ0) is 12.3. The Morgan fingerprint density at radius 3 is 2.50 bits per heavy atom. The van der Waals surface area contributed by atoms with Gasteiger partial charge in [0.15, 0.2) is 0 Å². The molecule has 1 nitrogen and oxygen atoms in total. The van der Waals surface area contributed by atoms with Crippen LogP contribution < -0.4 is 5.73 Å². The molecule has 2 unspecified atom stereocenters. The van der Waals surface area contributed by atoms with Crippen LogP contribution in [0.3, 0.4) is 0 Å². The van der Waals surface area contributed by atoms with Crippen LogP contribution in [0.1, 0.15) is 26.3 Å². The Morgan fingerprint density at radius 2 is 1.94 bits per heavy atom. The molecule has 0 radical (unpaired) electrons. The lowest BCUT2D eigenvalue weighted by atomic mass is 9.87. The highest BCUT2D eigenvalue weighted by Crippen LogP contribution is 2.22. The standard InChI is InChI=1S/C13H19BrFN/c1-8(2)9(3)13(16)7-10-6-11(15)4-5-12(10)14/h4-6,8-9,13H,7,16H2,1-3H3. The van der Waals surface area contributed by atoms with E-state index in [2.05, 4.69) is 36.7 Å². The molecule has 0 spiro atoms. The molecule has 0 bridgehead atoms. The monoisotopic (exact) mass is 287 g/mol. The van der Waals surface area contributed by atoms with E-state index in [1.807, 2.05) is 0 Å². The van der Waals surface area contributed by atoms with Gasteiger partial charge in [0, 0.05) is 10.5 Å². The lowest BCUT2D eigenvalue weighted by Gasteiger charge is -2.23. The Balaban J connectivity index is 2.76. The van der Waals surface area contributed by atoms with Gasteiger partial charge < -0.3 is 5.73 Å². The summed E-state index contributed by atoms with van der Waals surface area (Å²) in [6, 6.07) is 4.80. The average molecular weight is 288 g/mol. The maximum absolute atomic E-state index is 13.1. The second-order valence-electron chi connectivity index (χ2n) is 4.71. The van der Waals surface area contributed by atoms with E-state index in [4.69, 9.17) is 5.73 Å². The van der Waals surface area contributed by atoms with E-state index in [1.165, 1.54) is 6.07 Å². The van der Waals surface area contributed by atoms with E-state index in [0.29, 0.717) is 18.3 Å². The second kappa shape index (κ2) is 5.78. The molecule has 1 aromatic carbocycles. The molecule has 0 aromatic heterocycles. The maximum atomic E-state index is 13.1. The Bertz CT molecular complexity index is 352. The quantitative estimate of drug-likeness (QED) is 0.897. The highest BCUT2D eigenvalue weighted by atomic mass is 79.9. The summed E-state index contributed by atoms with van der Waals surface area (Å²) in [7, 11) is 0. The molecule has 0 heterocycles. The zero-order valence-corrected chi connectivity index (χ0v) is 11.6. The van der Waals surface area contributed by atoms with Crippen LogP contribution in [0.2, 0.25) is 0 Å². The number of halogens is 2. The lowest BCUT2D eigenvalue weighted by Crippen LogP contribution is -2.33. The van der Waals surface area contributed by atoms with Gasteiger partial charge in [0.25, 0.3) is 0 Å². The van der Waals surface area contributed by atoms with E-state index in [-0.39, 0.29) is 11.9 Å². The third kappa shape index (κ3) is 3.56. The molecule has 2 N–H and O–H groups in total. The van der Waals surface area contributed by atoms with Crippen LogP contribution in [0.4, 0.5) is 4.39 Å². The minimum absolute atomic E-state index is 0.0677. The van der Waals surface area contributed by atoms with Crippen LogP contribution in [0.15, 0.2) is 22.7 Å². The Kier molecular flexibility index (Phi) is 4.93. The fraction of sp³-hybridized carbons (Fsp3) is 0.538. The van der Waals surface area contributed by atoms with Gasteiger partial charge in [-0.3, -0.25) is 0 Å². The first-order valence-corrected chi connectivity index (χ1v) is 6.40. The first-order valence-electron chi connectivity index (χ1n) is 5.61. The molecule has 0 fully saturated rings. The van der Waals surface area contributed by atoms with Gasteiger partial charge in [-0.25, -0.2) is 4.39 Å². The Labute approximate surface area is 105 Å². The summed E-state index contributed by atoms with van der Waals surface area (Å²) in [5.74, 6) is 0.764. The molecule has 0 aliphatic carbocycles. The summed E-state index contributed by atoms with van der Waals surface area (Å²) in [5, 5.41) is 0. The minimum atomic E-state index is -0.206. The van der Waals surface area contributed by atoms with E-state index in [9.17, 15) is 4.39 Å². The van der Waals surface area contributed by atoms with Crippen LogP contribution in [0.25, 0.3) is 0 Å². The molecule has 0 saturated carbocycles. The van der Waals surface area contributed by atoms with Crippen molar-refractivity contribution in [1.29, 1.82) is 0 Å². The van der Waals surface area contributed by atoms with E-state index in [1.54, 1.807) is 12.1 Å². The normalized spacial score (nSPS) is 15.2. The molecule has 0 aliphatic rings. The summed E-state index contributed by atoms with van der Waals surface area (Å²) in [5.41, 5.74) is 7.07. The number of nitrogens with two attached hydrogens (primary N) is 1. The predicted molar refractivity (Wildman–Crippen MR) is 69.8 cm³/mol. The van der Waals surface area contributed by atoms with Gasteiger partial charge in [0.05, 0.1) is 0 Å². The Morgan fingerprint density at radius 1 is 1.31 bits per heavy atom. The Hall–Kier alpha value is -0.410. The molecular weight excluding hydrogens is 269 g/mol. The van der Waals surface area contributed by atoms with Gasteiger partial charge >= 0.3 is 0 Å². The molecule has 0 saturated heterocycles. The van der Waals surface area contributed by atoms with Gasteiger partial charge in [0.2, 0.25) is 0 Å². The fourth-order valence-electron chi connectivity index (χ4n) is 1.63. The van der Waals surface area contributed by atoms with Crippen molar-refractivity contribution in [3.05, 3.63) is 34.1 Å². The first kappa shape index (κ1) is 13.7. The summed E-state index contributed by atoms with van der Waals surface area (Å²) < 4.78 is 14.0. The molecule has 90 valence electrons. The van der Waals surface area contributed by atoms with Crippen LogP contribution in [-0.4, -0.2) is 6.04 Å². The molecule has 2 atom stereocenters. The predicted octanol–water partition coefficient (Wildman–Crippen LogP) is 3.75. The van der Waals surface area contributed by atoms with Gasteiger partial charge in [-0.1, -0.05) is 36.7 Å². The second-order valence-corrected chi connectivity index (χ2v) is 5.56. The highest BCUT2D eigenvalue weighted by molar-refractivity contribution is 9.10. The summed E-state index contributed by atoms with van der Waals surface area (Å²) in [6.07, 6.45) is 0.706. The molecule has 0 aliphatic heterocycles. The fourth-order valence-corrected chi connectivity index (χ4v) is 2.04. The number of hydrogen-bond acceptors (Lipinski definition) is 1. The summed E-state index contributed by atoms with van der Waals surface area (Å²) >= 11 is 3.42. The number of rotatable bonds is 4. The smallest absolute Gasteiger partial charge is 0.123 e. The highest BCUT2D eigenvalue weighted by Gasteiger charge is 2.17. The van der Waals surface area contributed by atoms with E-state index >= 15 is 0 Å². The van der Waals surface area contributed by atoms with Gasteiger partial charge in [-0.05, 0) is 42.0 Å². The topological polar surface area (TPSA) is 26.0 Å². The van der Waals surface area contributed by atoms with Crippen molar-refractivity contribution in [2.45, 2.75) is 33.2 Å². The molecule has 16 heavy (non-hydrogen) atoms. The van der Waals surface area contributed by atoms with Crippen molar-refractivity contribution in [2.24, 2.45) is 17.6 Å². The molecule has 3 heteroatoms. The average Bonchev–Trinajstić information content (AvgIpc) is 2.22. The zero-order valence-electron chi connectivity index (χ0n) is 10.0. The third-order valence-electron chi connectivity index (χ3n) is 3.19. The molecular formula is C13H19BrFN. The van der Waals surface area contributed by atoms with Crippen LogP contribution in [0.5, 0.6) is 0 Å². The lowest BCUT2D eigenvalue weighted by molar-refractivity contribution is 0.344. The number of hydrogen-bond donors (Lipinski definition) is 1. The largest absolute Gasteiger partial charge is 0.327 e. The molecule has 1 aromatic rings. The van der Waals surface area contributed by atoms with Crippen molar-refractivity contribution in [1.82, 2.24) is 0 Å². The number of benzene rings is 1. The molecule has 0 amide bonds. The van der Waals surface area contributed by atoms with Crippen LogP contribution >= 0.6 is 15.9 Å². The van der Waals surface area contributed by atoms with Gasteiger partial charge in [-0.2, -0.15) is 0 Å². The SMILES string of the molecule is CC(C)C(C)C(N)Cc1cc(F)ccc1Br. The minimum Gasteiger partial charge on any atom is -0.327 e. The van der Waals surface area contributed by atoms with E-state index < -0.39 is 0 Å². The van der Waals surface area contributed by atoms with Crippen LogP contribution in [0, 0.1) is 17.7 Å². The maximum Gasteiger partial charge on any atom is 0.123 e. The van der Waals surface area contributed by atoms with Gasteiger partial charge in [-0.15, -0.1) is 0 Å². The van der Waals surface area contributed by atoms with E-state index in [0.717, 1.165) is 10.0 Å².